The maximum Gasteiger partial charge on any atom is 0.228 e. The molecule has 154 valence electrons. The molecule has 1 N–H and O–H groups in total. The van der Waals surface area contributed by atoms with Gasteiger partial charge in [0.2, 0.25) is 22.1 Å². The quantitative estimate of drug-likeness (QED) is 0.788. The highest BCUT2D eigenvalue weighted by Gasteiger charge is 2.28. The molecular weight excluding hydrogens is 386 g/mol. The number of hydrogen-bond donors (Lipinski definition) is 1. The third kappa shape index (κ3) is 4.93. The molecule has 2 fully saturated rings. The Morgan fingerprint density at radius 3 is 2.59 bits per heavy atom. The van der Waals surface area contributed by atoms with E-state index in [1.807, 2.05) is 18.2 Å². The molecule has 2 aromatic rings. The van der Waals surface area contributed by atoms with Crippen LogP contribution in [0.2, 0.25) is 0 Å². The van der Waals surface area contributed by atoms with Crippen LogP contribution in [-0.2, 0) is 16.0 Å². The van der Waals surface area contributed by atoms with Crippen molar-refractivity contribution in [1.29, 1.82) is 0 Å². The molecular formula is C21H27N5O2S. The molecule has 2 saturated heterocycles. The highest BCUT2D eigenvalue weighted by molar-refractivity contribution is 7.19. The summed E-state index contributed by atoms with van der Waals surface area (Å²) in [6.07, 6.45) is 5.06. The van der Waals surface area contributed by atoms with Crippen molar-refractivity contribution >= 4 is 33.4 Å². The molecule has 3 heterocycles. The average molecular weight is 414 g/mol. The van der Waals surface area contributed by atoms with Gasteiger partial charge < -0.3 is 10.2 Å². The van der Waals surface area contributed by atoms with E-state index in [1.165, 1.54) is 16.9 Å². The molecule has 0 unspecified atom stereocenters. The van der Waals surface area contributed by atoms with Crippen LogP contribution in [0.4, 0.5) is 10.3 Å². The Morgan fingerprint density at radius 1 is 1.07 bits per heavy atom. The number of aromatic nitrogens is 2. The average Bonchev–Trinajstić information content (AvgIpc) is 3.25. The van der Waals surface area contributed by atoms with Crippen LogP contribution in [0.5, 0.6) is 0 Å². The molecule has 7 nitrogen and oxygen atoms in total. The first-order valence-electron chi connectivity index (χ1n) is 10.4. The van der Waals surface area contributed by atoms with Gasteiger partial charge in [-0.3, -0.25) is 14.5 Å². The van der Waals surface area contributed by atoms with E-state index in [0.29, 0.717) is 18.1 Å². The number of carbonyl (C=O) groups is 2. The fraction of sp³-hybridized carbons (Fsp3) is 0.524. The molecule has 0 spiro atoms. The summed E-state index contributed by atoms with van der Waals surface area (Å²) in [4.78, 5) is 28.5. The molecule has 2 amide bonds. The van der Waals surface area contributed by atoms with Crippen molar-refractivity contribution in [2.24, 2.45) is 5.92 Å². The summed E-state index contributed by atoms with van der Waals surface area (Å²) in [6, 6.07) is 10.2. The first-order valence-corrected chi connectivity index (χ1v) is 11.2. The maximum absolute atomic E-state index is 12.5. The Labute approximate surface area is 175 Å². The molecule has 2 aliphatic rings. The molecule has 0 radical (unpaired) electrons. The zero-order chi connectivity index (χ0) is 20.1. The lowest BCUT2D eigenvalue weighted by Crippen LogP contribution is -2.41. The van der Waals surface area contributed by atoms with Crippen LogP contribution < -0.4 is 15.1 Å². The van der Waals surface area contributed by atoms with Gasteiger partial charge >= 0.3 is 0 Å². The van der Waals surface area contributed by atoms with Crippen LogP contribution in [-0.4, -0.2) is 48.2 Å². The van der Waals surface area contributed by atoms with Gasteiger partial charge in [0.15, 0.2) is 0 Å². The van der Waals surface area contributed by atoms with E-state index in [9.17, 15) is 9.59 Å². The summed E-state index contributed by atoms with van der Waals surface area (Å²) in [6.45, 7) is 2.99. The third-order valence-corrected chi connectivity index (χ3v) is 6.66. The van der Waals surface area contributed by atoms with E-state index >= 15 is 0 Å². The van der Waals surface area contributed by atoms with Crippen LogP contribution in [0, 0.1) is 5.92 Å². The maximum atomic E-state index is 12.5. The summed E-state index contributed by atoms with van der Waals surface area (Å²) in [7, 11) is 0. The van der Waals surface area contributed by atoms with Crippen molar-refractivity contribution in [2.75, 3.05) is 36.0 Å². The van der Waals surface area contributed by atoms with Gasteiger partial charge in [-0.05, 0) is 37.7 Å². The second-order valence-corrected chi connectivity index (χ2v) is 8.59. The number of piperidine rings is 2. The molecule has 1 aromatic heterocycles. The van der Waals surface area contributed by atoms with Crippen molar-refractivity contribution in [1.82, 2.24) is 15.5 Å². The van der Waals surface area contributed by atoms with Crippen molar-refractivity contribution in [3.8, 4) is 0 Å². The highest BCUT2D eigenvalue weighted by atomic mass is 32.1. The Bertz CT molecular complexity index is 833. The minimum Gasteiger partial charge on any atom is -0.356 e. The second-order valence-electron chi connectivity index (χ2n) is 7.66. The van der Waals surface area contributed by atoms with Gasteiger partial charge in [-0.1, -0.05) is 41.7 Å². The predicted molar refractivity (Wildman–Crippen MR) is 114 cm³/mol. The Hall–Kier alpha value is -2.48. The van der Waals surface area contributed by atoms with Gasteiger partial charge in [0.1, 0.15) is 0 Å². The van der Waals surface area contributed by atoms with Crippen molar-refractivity contribution in [3.05, 3.63) is 35.9 Å². The number of rotatable bonds is 6. The minimum absolute atomic E-state index is 0.0538. The van der Waals surface area contributed by atoms with E-state index in [4.69, 9.17) is 0 Å². The SMILES string of the molecule is O=C(NCCc1ccccc1)C1CCN(c2nnc(N3CCCCC3=O)s2)CC1. The van der Waals surface area contributed by atoms with Gasteiger partial charge in [0.25, 0.3) is 0 Å². The van der Waals surface area contributed by atoms with E-state index in [-0.39, 0.29) is 17.7 Å². The second kappa shape index (κ2) is 9.35. The number of benzene rings is 1. The fourth-order valence-corrected chi connectivity index (χ4v) is 4.85. The van der Waals surface area contributed by atoms with Crippen LogP contribution in [0.15, 0.2) is 30.3 Å². The summed E-state index contributed by atoms with van der Waals surface area (Å²) in [5.74, 6) is 0.348. The first kappa shape index (κ1) is 19.8. The number of anilines is 2. The van der Waals surface area contributed by atoms with Gasteiger partial charge in [0, 0.05) is 38.5 Å². The lowest BCUT2D eigenvalue weighted by molar-refractivity contribution is -0.125. The van der Waals surface area contributed by atoms with Crippen molar-refractivity contribution in [3.63, 3.8) is 0 Å². The van der Waals surface area contributed by atoms with E-state index in [2.05, 4.69) is 32.5 Å². The third-order valence-electron chi connectivity index (χ3n) is 5.65. The summed E-state index contributed by atoms with van der Waals surface area (Å²) in [5.41, 5.74) is 1.24. The van der Waals surface area contributed by atoms with Gasteiger partial charge in [-0.2, -0.15) is 0 Å². The Morgan fingerprint density at radius 2 is 1.83 bits per heavy atom. The minimum atomic E-state index is 0.0538. The fourth-order valence-electron chi connectivity index (χ4n) is 3.91. The normalized spacial score (nSPS) is 18.1. The van der Waals surface area contributed by atoms with Crippen LogP contribution in [0.1, 0.15) is 37.7 Å². The lowest BCUT2D eigenvalue weighted by Gasteiger charge is -2.30. The molecule has 2 aliphatic heterocycles. The Balaban J connectivity index is 1.24. The molecule has 29 heavy (non-hydrogen) atoms. The number of nitrogens with one attached hydrogen (secondary N) is 1. The van der Waals surface area contributed by atoms with Crippen molar-refractivity contribution < 1.29 is 9.59 Å². The summed E-state index contributed by atoms with van der Waals surface area (Å²) < 4.78 is 0. The number of nitrogens with zero attached hydrogens (tertiary/aromatic N) is 4. The smallest absolute Gasteiger partial charge is 0.228 e. The standard InChI is InChI=1S/C21H27N5O2S/c27-18-8-4-5-13-26(18)21-24-23-20(29-21)25-14-10-17(11-15-25)19(28)22-12-9-16-6-2-1-3-7-16/h1-3,6-7,17H,4-5,8-15H2,(H,22,28). The van der Waals surface area contributed by atoms with Crippen LogP contribution in [0.25, 0.3) is 0 Å². The lowest BCUT2D eigenvalue weighted by atomic mass is 9.96. The van der Waals surface area contributed by atoms with Gasteiger partial charge in [-0.25, -0.2) is 0 Å². The molecule has 4 rings (SSSR count). The number of carbonyl (C=O) groups excluding carboxylic acids is 2. The molecule has 8 heteroatoms. The van der Waals surface area contributed by atoms with E-state index < -0.39 is 0 Å². The molecule has 1 aromatic carbocycles. The summed E-state index contributed by atoms with van der Waals surface area (Å²) >= 11 is 1.48. The molecule has 0 bridgehead atoms. The first-order chi connectivity index (χ1) is 14.2. The monoisotopic (exact) mass is 413 g/mol. The zero-order valence-electron chi connectivity index (χ0n) is 16.5. The van der Waals surface area contributed by atoms with Crippen LogP contribution >= 0.6 is 11.3 Å². The Kier molecular flexibility index (Phi) is 6.39. The highest BCUT2D eigenvalue weighted by Crippen LogP contribution is 2.31. The van der Waals surface area contributed by atoms with Crippen molar-refractivity contribution in [2.45, 2.75) is 38.5 Å². The topological polar surface area (TPSA) is 78.4 Å². The molecule has 0 aliphatic carbocycles. The van der Waals surface area contributed by atoms with Crippen LogP contribution in [0.3, 0.4) is 0 Å². The zero-order valence-corrected chi connectivity index (χ0v) is 17.4. The van der Waals surface area contributed by atoms with Gasteiger partial charge in [-0.15, -0.1) is 10.2 Å². The number of amides is 2. The largest absolute Gasteiger partial charge is 0.356 e. The summed E-state index contributed by atoms with van der Waals surface area (Å²) in [5, 5.41) is 13.2. The van der Waals surface area contributed by atoms with Gasteiger partial charge in [0.05, 0.1) is 0 Å². The molecule has 0 saturated carbocycles. The van der Waals surface area contributed by atoms with E-state index in [1.54, 1.807) is 4.90 Å². The predicted octanol–water partition coefficient (Wildman–Crippen LogP) is 2.63. The number of hydrogen-bond acceptors (Lipinski definition) is 6. The molecule has 0 atom stereocenters. The van der Waals surface area contributed by atoms with E-state index in [0.717, 1.165) is 56.9 Å².